The first-order chi connectivity index (χ1) is 9.58. The first kappa shape index (κ1) is 14.7. The Hall–Kier alpha value is -1.72. The van der Waals surface area contributed by atoms with Crippen molar-refractivity contribution in [1.82, 2.24) is 0 Å². The van der Waals surface area contributed by atoms with Crippen molar-refractivity contribution < 1.29 is 9.53 Å². The molecule has 0 heterocycles. The maximum Gasteiger partial charge on any atom is 0.323 e. The average molecular weight is 356 g/mol. The number of urea groups is 1. The standard InChI is InChI=1S/C14H12BrClN2O2/c1-20-13-7-4-10(16)8-12(13)18-14(19)17-11-5-2-9(15)3-6-11/h2-8H,1H3,(H2,17,18,19). The molecule has 2 rings (SSSR count). The van der Waals surface area contributed by atoms with E-state index >= 15 is 0 Å². The van der Waals surface area contributed by atoms with Crippen LogP contribution in [0.25, 0.3) is 0 Å². The van der Waals surface area contributed by atoms with E-state index < -0.39 is 0 Å². The number of benzene rings is 2. The van der Waals surface area contributed by atoms with Crippen molar-refractivity contribution in [1.29, 1.82) is 0 Å². The van der Waals surface area contributed by atoms with Crippen LogP contribution in [0.2, 0.25) is 5.02 Å². The van der Waals surface area contributed by atoms with Crippen molar-refractivity contribution in [2.75, 3.05) is 17.7 Å². The lowest BCUT2D eigenvalue weighted by Gasteiger charge is -2.11. The molecule has 0 saturated carbocycles. The molecule has 0 aliphatic carbocycles. The van der Waals surface area contributed by atoms with Gasteiger partial charge in [0.15, 0.2) is 0 Å². The summed E-state index contributed by atoms with van der Waals surface area (Å²) in [6.07, 6.45) is 0. The predicted molar refractivity (Wildman–Crippen MR) is 84.8 cm³/mol. The Morgan fingerprint density at radius 3 is 2.50 bits per heavy atom. The maximum absolute atomic E-state index is 11.9. The van der Waals surface area contributed by atoms with Gasteiger partial charge in [0.1, 0.15) is 5.75 Å². The number of carbonyl (C=O) groups excluding carboxylic acids is 1. The topological polar surface area (TPSA) is 50.4 Å². The van der Waals surface area contributed by atoms with Crippen LogP contribution >= 0.6 is 27.5 Å². The van der Waals surface area contributed by atoms with Crippen LogP contribution in [-0.2, 0) is 0 Å². The molecule has 4 nitrogen and oxygen atoms in total. The van der Waals surface area contributed by atoms with Crippen molar-refractivity contribution in [3.05, 3.63) is 52.0 Å². The van der Waals surface area contributed by atoms with Gasteiger partial charge in [0.2, 0.25) is 0 Å². The van der Waals surface area contributed by atoms with Crippen LogP contribution < -0.4 is 15.4 Å². The fraction of sp³-hybridized carbons (Fsp3) is 0.0714. The van der Waals surface area contributed by atoms with Crippen molar-refractivity contribution in [3.8, 4) is 5.75 Å². The van der Waals surface area contributed by atoms with E-state index in [9.17, 15) is 4.79 Å². The van der Waals surface area contributed by atoms with Crippen LogP contribution in [-0.4, -0.2) is 13.1 Å². The number of methoxy groups -OCH3 is 1. The van der Waals surface area contributed by atoms with Crippen molar-refractivity contribution in [3.63, 3.8) is 0 Å². The number of amides is 2. The molecule has 0 aromatic heterocycles. The number of hydrogen-bond acceptors (Lipinski definition) is 2. The zero-order valence-corrected chi connectivity index (χ0v) is 13.0. The fourth-order valence-electron chi connectivity index (χ4n) is 1.60. The van der Waals surface area contributed by atoms with E-state index in [4.69, 9.17) is 16.3 Å². The summed E-state index contributed by atoms with van der Waals surface area (Å²) in [7, 11) is 1.53. The van der Waals surface area contributed by atoms with Gasteiger partial charge in [-0.2, -0.15) is 0 Å². The van der Waals surface area contributed by atoms with Gasteiger partial charge in [-0.05, 0) is 42.5 Å². The summed E-state index contributed by atoms with van der Waals surface area (Å²) in [6, 6.07) is 11.9. The normalized spacial score (nSPS) is 9.95. The zero-order valence-electron chi connectivity index (χ0n) is 10.6. The van der Waals surface area contributed by atoms with E-state index in [0.717, 1.165) is 4.47 Å². The summed E-state index contributed by atoms with van der Waals surface area (Å²) in [5, 5.41) is 5.93. The molecule has 0 radical (unpaired) electrons. The third kappa shape index (κ3) is 3.88. The molecular weight excluding hydrogens is 344 g/mol. The van der Waals surface area contributed by atoms with Gasteiger partial charge in [-0.25, -0.2) is 4.79 Å². The van der Waals surface area contributed by atoms with Crippen molar-refractivity contribution >= 4 is 44.9 Å². The van der Waals surface area contributed by atoms with Crippen LogP contribution in [0.4, 0.5) is 16.2 Å². The molecule has 0 bridgehead atoms. The molecule has 0 atom stereocenters. The Balaban J connectivity index is 2.08. The van der Waals surface area contributed by atoms with Crippen LogP contribution in [0, 0.1) is 0 Å². The van der Waals surface area contributed by atoms with Crippen LogP contribution in [0.15, 0.2) is 46.9 Å². The van der Waals surface area contributed by atoms with Crippen molar-refractivity contribution in [2.45, 2.75) is 0 Å². The summed E-state index contributed by atoms with van der Waals surface area (Å²) in [5.74, 6) is 0.542. The van der Waals surface area contributed by atoms with Crippen molar-refractivity contribution in [2.24, 2.45) is 0 Å². The van der Waals surface area contributed by atoms with Gasteiger partial charge in [-0.1, -0.05) is 27.5 Å². The molecule has 0 unspecified atom stereocenters. The van der Waals surface area contributed by atoms with Gasteiger partial charge in [0.05, 0.1) is 12.8 Å². The SMILES string of the molecule is COc1ccc(Cl)cc1NC(=O)Nc1ccc(Br)cc1. The molecule has 0 aliphatic heterocycles. The summed E-state index contributed by atoms with van der Waals surface area (Å²) >= 11 is 9.24. The molecule has 0 aliphatic rings. The molecule has 0 spiro atoms. The smallest absolute Gasteiger partial charge is 0.323 e. The Bertz CT molecular complexity index is 617. The minimum Gasteiger partial charge on any atom is -0.495 e. The molecule has 0 fully saturated rings. The van der Waals surface area contributed by atoms with Gasteiger partial charge in [-0.3, -0.25) is 0 Å². The minimum absolute atomic E-state index is 0.368. The zero-order chi connectivity index (χ0) is 14.5. The van der Waals surface area contributed by atoms with E-state index in [1.807, 2.05) is 12.1 Å². The average Bonchev–Trinajstić information content (AvgIpc) is 2.41. The Morgan fingerprint density at radius 1 is 1.15 bits per heavy atom. The second kappa shape index (κ2) is 6.63. The number of rotatable bonds is 3. The van der Waals surface area contributed by atoms with Gasteiger partial charge in [-0.15, -0.1) is 0 Å². The number of ether oxygens (including phenoxy) is 1. The number of halogens is 2. The highest BCUT2D eigenvalue weighted by Gasteiger charge is 2.08. The Morgan fingerprint density at radius 2 is 1.85 bits per heavy atom. The molecule has 2 aromatic rings. The third-order valence-corrected chi connectivity index (χ3v) is 3.28. The molecule has 2 N–H and O–H groups in total. The van der Waals surface area contributed by atoms with Gasteiger partial charge >= 0.3 is 6.03 Å². The van der Waals surface area contributed by atoms with Gasteiger partial charge in [0.25, 0.3) is 0 Å². The van der Waals surface area contributed by atoms with Gasteiger partial charge in [0, 0.05) is 15.2 Å². The molecule has 2 aromatic carbocycles. The predicted octanol–water partition coefficient (Wildman–Crippen LogP) is 4.76. The third-order valence-electron chi connectivity index (χ3n) is 2.51. The molecule has 20 heavy (non-hydrogen) atoms. The van der Waals surface area contributed by atoms with E-state index in [-0.39, 0.29) is 6.03 Å². The van der Waals surface area contributed by atoms with E-state index in [1.54, 1.807) is 30.3 Å². The molecule has 0 saturated heterocycles. The number of carbonyl (C=O) groups is 1. The summed E-state index contributed by atoms with van der Waals surface area (Å²) in [6.45, 7) is 0. The Kier molecular flexibility index (Phi) is 4.87. The molecular formula is C14H12BrClN2O2. The summed E-state index contributed by atoms with van der Waals surface area (Å²) < 4.78 is 6.10. The van der Waals surface area contributed by atoms with Crippen LogP contribution in [0.3, 0.4) is 0 Å². The lowest BCUT2D eigenvalue weighted by molar-refractivity contribution is 0.262. The van der Waals surface area contributed by atoms with E-state index in [2.05, 4.69) is 26.6 Å². The second-order valence-electron chi connectivity index (χ2n) is 3.93. The minimum atomic E-state index is -0.368. The highest BCUT2D eigenvalue weighted by atomic mass is 79.9. The second-order valence-corrected chi connectivity index (χ2v) is 5.28. The lowest BCUT2D eigenvalue weighted by Crippen LogP contribution is -2.19. The first-order valence-electron chi connectivity index (χ1n) is 5.75. The quantitative estimate of drug-likeness (QED) is 0.834. The van der Waals surface area contributed by atoms with Crippen LogP contribution in [0.5, 0.6) is 5.75 Å². The van der Waals surface area contributed by atoms with Crippen LogP contribution in [0.1, 0.15) is 0 Å². The fourth-order valence-corrected chi connectivity index (χ4v) is 2.03. The van der Waals surface area contributed by atoms with E-state index in [1.165, 1.54) is 7.11 Å². The molecule has 2 amide bonds. The number of anilines is 2. The lowest BCUT2D eigenvalue weighted by atomic mass is 10.3. The first-order valence-corrected chi connectivity index (χ1v) is 6.92. The monoisotopic (exact) mass is 354 g/mol. The van der Waals surface area contributed by atoms with E-state index in [0.29, 0.717) is 22.1 Å². The largest absolute Gasteiger partial charge is 0.495 e. The Labute approximate surface area is 130 Å². The van der Waals surface area contributed by atoms with Gasteiger partial charge < -0.3 is 15.4 Å². The molecule has 104 valence electrons. The summed E-state index contributed by atoms with van der Waals surface area (Å²) in [4.78, 5) is 11.9. The number of nitrogens with one attached hydrogen (secondary N) is 2. The number of hydrogen-bond donors (Lipinski definition) is 2. The highest BCUT2D eigenvalue weighted by Crippen LogP contribution is 2.27. The molecule has 6 heteroatoms. The highest BCUT2D eigenvalue weighted by molar-refractivity contribution is 9.10. The maximum atomic E-state index is 11.9. The summed E-state index contributed by atoms with van der Waals surface area (Å²) in [5.41, 5.74) is 1.20.